The highest BCUT2D eigenvalue weighted by atomic mass is 79.9. The molecule has 18 heavy (non-hydrogen) atoms. The lowest BCUT2D eigenvalue weighted by atomic mass is 10.1. The summed E-state index contributed by atoms with van der Waals surface area (Å²) >= 11 is 3.34. The van der Waals surface area contributed by atoms with Crippen molar-refractivity contribution in [2.75, 3.05) is 6.26 Å². The SMILES string of the molecule is CS(=O)c1ncn(CC(O)c2ccc(Br)cc2)n1. The Morgan fingerprint density at radius 3 is 2.67 bits per heavy atom. The third-order valence-electron chi connectivity index (χ3n) is 2.39. The predicted molar refractivity (Wildman–Crippen MR) is 71.5 cm³/mol. The number of benzene rings is 1. The Bertz CT molecular complexity index is 556. The van der Waals surface area contributed by atoms with Gasteiger partial charge in [-0.1, -0.05) is 28.1 Å². The number of hydrogen-bond donors (Lipinski definition) is 1. The summed E-state index contributed by atoms with van der Waals surface area (Å²) in [4.78, 5) is 3.91. The monoisotopic (exact) mass is 329 g/mol. The molecule has 1 aromatic carbocycles. The first-order chi connectivity index (χ1) is 8.56. The minimum absolute atomic E-state index is 0.276. The summed E-state index contributed by atoms with van der Waals surface area (Å²) < 4.78 is 13.6. The minimum atomic E-state index is -1.20. The van der Waals surface area contributed by atoms with E-state index in [0.717, 1.165) is 10.0 Å². The van der Waals surface area contributed by atoms with Crippen LogP contribution < -0.4 is 0 Å². The summed E-state index contributed by atoms with van der Waals surface area (Å²) in [7, 11) is -1.20. The number of rotatable bonds is 4. The van der Waals surface area contributed by atoms with Crippen LogP contribution in [0, 0.1) is 0 Å². The van der Waals surface area contributed by atoms with Crippen LogP contribution in [0.25, 0.3) is 0 Å². The topological polar surface area (TPSA) is 68.0 Å². The molecule has 0 saturated carbocycles. The van der Waals surface area contributed by atoms with Crippen molar-refractivity contribution in [1.82, 2.24) is 14.8 Å². The van der Waals surface area contributed by atoms with E-state index in [1.165, 1.54) is 17.3 Å². The number of aromatic nitrogens is 3. The lowest BCUT2D eigenvalue weighted by Gasteiger charge is -2.10. The molecule has 0 bridgehead atoms. The number of hydrogen-bond acceptors (Lipinski definition) is 4. The molecule has 1 N–H and O–H groups in total. The Hall–Kier alpha value is -1.05. The van der Waals surface area contributed by atoms with Gasteiger partial charge in [0, 0.05) is 10.7 Å². The summed E-state index contributed by atoms with van der Waals surface area (Å²) in [5, 5.41) is 14.3. The van der Waals surface area contributed by atoms with Crippen LogP contribution in [0.4, 0.5) is 0 Å². The molecular formula is C11H12BrN3O2S. The molecule has 5 nitrogen and oxygen atoms in total. The normalized spacial score (nSPS) is 14.4. The van der Waals surface area contributed by atoms with E-state index in [-0.39, 0.29) is 11.7 Å². The van der Waals surface area contributed by atoms with Crippen molar-refractivity contribution in [2.24, 2.45) is 0 Å². The molecule has 0 spiro atoms. The highest BCUT2D eigenvalue weighted by Gasteiger charge is 2.11. The lowest BCUT2D eigenvalue weighted by Crippen LogP contribution is -2.09. The molecule has 1 aromatic heterocycles. The van der Waals surface area contributed by atoms with Crippen LogP contribution in [-0.4, -0.2) is 30.3 Å². The molecular weight excluding hydrogens is 318 g/mol. The second-order valence-electron chi connectivity index (χ2n) is 3.77. The lowest BCUT2D eigenvalue weighted by molar-refractivity contribution is 0.151. The molecule has 0 aliphatic carbocycles. The molecule has 2 unspecified atom stereocenters. The van der Waals surface area contributed by atoms with Crippen molar-refractivity contribution in [2.45, 2.75) is 17.8 Å². The van der Waals surface area contributed by atoms with E-state index < -0.39 is 16.9 Å². The third-order valence-corrected chi connectivity index (χ3v) is 3.62. The van der Waals surface area contributed by atoms with Crippen LogP contribution in [0.3, 0.4) is 0 Å². The van der Waals surface area contributed by atoms with Crippen LogP contribution >= 0.6 is 15.9 Å². The van der Waals surface area contributed by atoms with Crippen LogP contribution in [0.1, 0.15) is 11.7 Å². The summed E-state index contributed by atoms with van der Waals surface area (Å²) in [6, 6.07) is 7.41. The standard InChI is InChI=1S/C11H12BrN3O2S/c1-18(17)11-13-7-15(14-11)6-10(16)8-2-4-9(12)5-3-8/h2-5,7,10,16H,6H2,1H3. The van der Waals surface area contributed by atoms with Crippen molar-refractivity contribution < 1.29 is 9.32 Å². The van der Waals surface area contributed by atoms with Crippen LogP contribution in [0.15, 0.2) is 40.2 Å². The summed E-state index contributed by atoms with van der Waals surface area (Å²) in [5.74, 6) is 0. The number of aliphatic hydroxyl groups is 1. The highest BCUT2D eigenvalue weighted by Crippen LogP contribution is 2.18. The van der Waals surface area contributed by atoms with E-state index in [9.17, 15) is 9.32 Å². The van der Waals surface area contributed by atoms with Crippen molar-refractivity contribution in [3.8, 4) is 0 Å². The molecule has 0 fully saturated rings. The second-order valence-corrected chi connectivity index (χ2v) is 5.96. The molecule has 96 valence electrons. The maximum Gasteiger partial charge on any atom is 0.238 e. The quantitative estimate of drug-likeness (QED) is 0.923. The molecule has 0 amide bonds. The van der Waals surface area contributed by atoms with Gasteiger partial charge in [-0.2, -0.15) is 0 Å². The average Bonchev–Trinajstić information content (AvgIpc) is 2.78. The van der Waals surface area contributed by atoms with Crippen molar-refractivity contribution >= 4 is 26.7 Å². The second kappa shape index (κ2) is 5.73. The molecule has 2 atom stereocenters. The highest BCUT2D eigenvalue weighted by molar-refractivity contribution is 9.10. The Morgan fingerprint density at radius 2 is 2.11 bits per heavy atom. The molecule has 1 heterocycles. The zero-order valence-corrected chi connectivity index (χ0v) is 12.1. The fraction of sp³-hybridized carbons (Fsp3) is 0.273. The Balaban J connectivity index is 2.08. The first-order valence-electron chi connectivity index (χ1n) is 5.22. The van der Waals surface area contributed by atoms with Gasteiger partial charge < -0.3 is 5.11 Å². The smallest absolute Gasteiger partial charge is 0.238 e. The molecule has 2 aromatic rings. The van der Waals surface area contributed by atoms with E-state index in [4.69, 9.17) is 0 Å². The largest absolute Gasteiger partial charge is 0.386 e. The summed E-state index contributed by atoms with van der Waals surface area (Å²) in [5.41, 5.74) is 0.799. The Kier molecular flexibility index (Phi) is 4.26. The van der Waals surface area contributed by atoms with Crippen molar-refractivity contribution in [1.29, 1.82) is 0 Å². The van der Waals surface area contributed by atoms with Crippen molar-refractivity contribution in [3.63, 3.8) is 0 Å². The Labute approximate surface area is 115 Å². The van der Waals surface area contributed by atoms with Gasteiger partial charge >= 0.3 is 0 Å². The van der Waals surface area contributed by atoms with E-state index in [1.807, 2.05) is 24.3 Å². The van der Waals surface area contributed by atoms with Gasteiger partial charge in [-0.3, -0.25) is 4.21 Å². The zero-order chi connectivity index (χ0) is 13.1. The summed E-state index contributed by atoms with van der Waals surface area (Å²) in [6.07, 6.45) is 2.32. The zero-order valence-electron chi connectivity index (χ0n) is 9.65. The molecule has 0 aliphatic heterocycles. The van der Waals surface area contributed by atoms with Gasteiger partial charge in [0.25, 0.3) is 0 Å². The van der Waals surface area contributed by atoms with E-state index in [2.05, 4.69) is 26.0 Å². The molecule has 0 saturated heterocycles. The Morgan fingerprint density at radius 1 is 1.44 bits per heavy atom. The first kappa shape index (κ1) is 13.4. The number of aliphatic hydroxyl groups excluding tert-OH is 1. The maximum atomic E-state index is 11.2. The fourth-order valence-corrected chi connectivity index (χ4v) is 2.14. The van der Waals surface area contributed by atoms with Gasteiger partial charge in [-0.25, -0.2) is 9.67 Å². The average molecular weight is 330 g/mol. The number of nitrogens with zero attached hydrogens (tertiary/aromatic N) is 3. The fourth-order valence-electron chi connectivity index (χ4n) is 1.46. The minimum Gasteiger partial charge on any atom is -0.386 e. The van der Waals surface area contributed by atoms with E-state index >= 15 is 0 Å². The van der Waals surface area contributed by atoms with Crippen LogP contribution in [-0.2, 0) is 17.3 Å². The third kappa shape index (κ3) is 3.24. The maximum absolute atomic E-state index is 11.2. The van der Waals surface area contributed by atoms with Gasteiger partial charge in [-0.15, -0.1) is 5.10 Å². The first-order valence-corrected chi connectivity index (χ1v) is 7.58. The van der Waals surface area contributed by atoms with Gasteiger partial charge in [0.2, 0.25) is 5.16 Å². The van der Waals surface area contributed by atoms with Gasteiger partial charge in [0.1, 0.15) is 6.33 Å². The molecule has 0 aliphatic rings. The molecule has 7 heteroatoms. The van der Waals surface area contributed by atoms with Crippen LogP contribution in [0.5, 0.6) is 0 Å². The predicted octanol–water partition coefficient (Wildman–Crippen LogP) is 1.51. The molecule has 2 rings (SSSR count). The van der Waals surface area contributed by atoms with Crippen molar-refractivity contribution in [3.05, 3.63) is 40.6 Å². The molecule has 0 radical (unpaired) electrons. The van der Waals surface area contributed by atoms with Gasteiger partial charge in [-0.05, 0) is 17.7 Å². The summed E-state index contributed by atoms with van der Waals surface area (Å²) in [6.45, 7) is 0.284. The van der Waals surface area contributed by atoms with E-state index in [0.29, 0.717) is 0 Å². The van der Waals surface area contributed by atoms with Gasteiger partial charge in [0.05, 0.1) is 23.4 Å². The van der Waals surface area contributed by atoms with E-state index in [1.54, 1.807) is 0 Å². The van der Waals surface area contributed by atoms with Crippen LogP contribution in [0.2, 0.25) is 0 Å². The number of halogens is 1. The van der Waals surface area contributed by atoms with Gasteiger partial charge in [0.15, 0.2) is 0 Å².